The predicted octanol–water partition coefficient (Wildman–Crippen LogP) is 1.57. The van der Waals surface area contributed by atoms with Crippen LogP contribution >= 0.6 is 0 Å². The van der Waals surface area contributed by atoms with Crippen LogP contribution in [0.3, 0.4) is 0 Å². The fourth-order valence-electron chi connectivity index (χ4n) is 0.821. The lowest BCUT2D eigenvalue weighted by atomic mass is 10.2. The standard InChI is InChI=1S/C8H18N2O/c1-4-5-6-10(3)8(2)7-9-11/h7-8,11H,4-6H2,1-3H3. The van der Waals surface area contributed by atoms with Gasteiger partial charge in [-0.2, -0.15) is 0 Å². The molecule has 0 aromatic carbocycles. The summed E-state index contributed by atoms with van der Waals surface area (Å²) < 4.78 is 0. The molecule has 0 bridgehead atoms. The van der Waals surface area contributed by atoms with Crippen molar-refractivity contribution >= 4 is 6.21 Å². The van der Waals surface area contributed by atoms with Crippen LogP contribution in [0, 0.1) is 0 Å². The number of oxime groups is 1. The zero-order chi connectivity index (χ0) is 8.69. The largest absolute Gasteiger partial charge is 0.411 e. The van der Waals surface area contributed by atoms with Crippen LogP contribution < -0.4 is 0 Å². The second-order valence-corrected chi connectivity index (χ2v) is 2.84. The third kappa shape index (κ3) is 4.79. The molecule has 0 heterocycles. The molecule has 0 aromatic rings. The molecule has 0 rings (SSSR count). The monoisotopic (exact) mass is 158 g/mol. The maximum absolute atomic E-state index is 8.25. The topological polar surface area (TPSA) is 35.8 Å². The van der Waals surface area contributed by atoms with E-state index >= 15 is 0 Å². The van der Waals surface area contributed by atoms with Crippen LogP contribution in [0.5, 0.6) is 0 Å². The molecule has 1 N–H and O–H groups in total. The molecule has 0 saturated heterocycles. The van der Waals surface area contributed by atoms with E-state index < -0.39 is 0 Å². The smallest absolute Gasteiger partial charge is 0.0604 e. The molecular formula is C8H18N2O. The van der Waals surface area contributed by atoms with E-state index in [1.807, 2.05) is 14.0 Å². The number of hydrogen-bond donors (Lipinski definition) is 1. The first kappa shape index (κ1) is 10.4. The van der Waals surface area contributed by atoms with Crippen molar-refractivity contribution < 1.29 is 5.21 Å². The first-order valence-electron chi connectivity index (χ1n) is 4.10. The minimum atomic E-state index is 0.228. The third-order valence-electron chi connectivity index (χ3n) is 1.84. The SMILES string of the molecule is CCCCN(C)C(C)C=NO. The minimum absolute atomic E-state index is 0.228. The quantitative estimate of drug-likeness (QED) is 0.374. The van der Waals surface area contributed by atoms with Crippen molar-refractivity contribution in [2.24, 2.45) is 5.16 Å². The number of unbranched alkanes of at least 4 members (excludes halogenated alkanes) is 1. The van der Waals surface area contributed by atoms with Crippen LogP contribution in [0.1, 0.15) is 26.7 Å². The highest BCUT2D eigenvalue weighted by molar-refractivity contribution is 5.62. The van der Waals surface area contributed by atoms with E-state index in [0.29, 0.717) is 0 Å². The van der Waals surface area contributed by atoms with Crippen LogP contribution in [0.15, 0.2) is 5.16 Å². The first-order chi connectivity index (χ1) is 5.22. The molecule has 0 aromatic heterocycles. The van der Waals surface area contributed by atoms with Crippen molar-refractivity contribution in [3.8, 4) is 0 Å². The van der Waals surface area contributed by atoms with E-state index in [0.717, 1.165) is 6.54 Å². The Balaban J connectivity index is 3.54. The van der Waals surface area contributed by atoms with Gasteiger partial charge in [0.15, 0.2) is 0 Å². The van der Waals surface area contributed by atoms with Gasteiger partial charge < -0.3 is 5.21 Å². The van der Waals surface area contributed by atoms with Crippen LogP contribution in [0.25, 0.3) is 0 Å². The van der Waals surface area contributed by atoms with Crippen LogP contribution in [0.4, 0.5) is 0 Å². The Morgan fingerprint density at radius 3 is 2.73 bits per heavy atom. The zero-order valence-electron chi connectivity index (χ0n) is 7.62. The summed E-state index contributed by atoms with van der Waals surface area (Å²) in [5.41, 5.74) is 0. The Bertz CT molecular complexity index is 115. The van der Waals surface area contributed by atoms with Crippen molar-refractivity contribution in [2.75, 3.05) is 13.6 Å². The van der Waals surface area contributed by atoms with E-state index in [9.17, 15) is 0 Å². The predicted molar refractivity (Wildman–Crippen MR) is 47.3 cm³/mol. The van der Waals surface area contributed by atoms with Gasteiger partial charge in [-0.25, -0.2) is 0 Å². The lowest BCUT2D eigenvalue weighted by Gasteiger charge is -2.19. The molecule has 0 saturated carbocycles. The van der Waals surface area contributed by atoms with Gasteiger partial charge >= 0.3 is 0 Å². The summed E-state index contributed by atoms with van der Waals surface area (Å²) in [5.74, 6) is 0. The first-order valence-corrected chi connectivity index (χ1v) is 4.10. The van der Waals surface area contributed by atoms with Gasteiger partial charge in [-0.15, -0.1) is 5.16 Å². The lowest BCUT2D eigenvalue weighted by molar-refractivity contribution is 0.289. The Morgan fingerprint density at radius 2 is 2.27 bits per heavy atom. The van der Waals surface area contributed by atoms with Crippen LogP contribution in [-0.2, 0) is 0 Å². The van der Waals surface area contributed by atoms with Crippen LogP contribution in [-0.4, -0.2) is 36.0 Å². The minimum Gasteiger partial charge on any atom is -0.411 e. The van der Waals surface area contributed by atoms with Gasteiger partial charge in [0, 0.05) is 6.04 Å². The van der Waals surface area contributed by atoms with E-state index in [1.165, 1.54) is 19.1 Å². The van der Waals surface area contributed by atoms with E-state index in [1.54, 1.807) is 0 Å². The maximum atomic E-state index is 8.25. The van der Waals surface area contributed by atoms with Gasteiger partial charge in [0.1, 0.15) is 0 Å². The number of nitrogens with zero attached hydrogens (tertiary/aromatic N) is 2. The highest BCUT2D eigenvalue weighted by Gasteiger charge is 2.04. The molecule has 1 atom stereocenters. The second kappa shape index (κ2) is 6.16. The van der Waals surface area contributed by atoms with Gasteiger partial charge in [0.2, 0.25) is 0 Å². The van der Waals surface area contributed by atoms with Gasteiger partial charge in [-0.05, 0) is 26.9 Å². The summed E-state index contributed by atoms with van der Waals surface area (Å²) in [6.07, 6.45) is 3.93. The molecule has 1 unspecified atom stereocenters. The Labute approximate surface area is 68.7 Å². The normalized spacial score (nSPS) is 14.5. The summed E-state index contributed by atoms with van der Waals surface area (Å²) in [7, 11) is 2.03. The molecule has 3 nitrogen and oxygen atoms in total. The Morgan fingerprint density at radius 1 is 1.64 bits per heavy atom. The fourth-order valence-corrected chi connectivity index (χ4v) is 0.821. The molecule has 0 aliphatic rings. The average molecular weight is 158 g/mol. The molecule has 0 spiro atoms. The average Bonchev–Trinajstić information content (AvgIpc) is 2.00. The summed E-state index contributed by atoms with van der Waals surface area (Å²) in [4.78, 5) is 2.16. The molecule has 66 valence electrons. The van der Waals surface area contributed by atoms with Crippen molar-refractivity contribution in [2.45, 2.75) is 32.7 Å². The van der Waals surface area contributed by atoms with Gasteiger partial charge in [-0.1, -0.05) is 13.3 Å². The molecule has 0 radical (unpaired) electrons. The fraction of sp³-hybridized carbons (Fsp3) is 0.875. The maximum Gasteiger partial charge on any atom is 0.0604 e. The lowest BCUT2D eigenvalue weighted by Crippen LogP contribution is -2.31. The summed E-state index contributed by atoms with van der Waals surface area (Å²) in [6, 6.07) is 0.228. The highest BCUT2D eigenvalue weighted by Crippen LogP contribution is 1.96. The summed E-state index contributed by atoms with van der Waals surface area (Å²) in [5, 5.41) is 11.3. The Hall–Kier alpha value is -0.570. The van der Waals surface area contributed by atoms with Crippen molar-refractivity contribution in [3.63, 3.8) is 0 Å². The van der Waals surface area contributed by atoms with Crippen molar-refractivity contribution in [1.29, 1.82) is 0 Å². The molecule has 0 amide bonds. The zero-order valence-corrected chi connectivity index (χ0v) is 7.62. The summed E-state index contributed by atoms with van der Waals surface area (Å²) in [6.45, 7) is 5.23. The molecule has 0 aliphatic heterocycles. The van der Waals surface area contributed by atoms with Gasteiger partial charge in [0.25, 0.3) is 0 Å². The van der Waals surface area contributed by atoms with E-state index in [4.69, 9.17) is 5.21 Å². The van der Waals surface area contributed by atoms with E-state index in [2.05, 4.69) is 17.0 Å². The van der Waals surface area contributed by atoms with Gasteiger partial charge in [-0.3, -0.25) is 4.90 Å². The molecule has 3 heteroatoms. The van der Waals surface area contributed by atoms with E-state index in [-0.39, 0.29) is 6.04 Å². The number of rotatable bonds is 5. The van der Waals surface area contributed by atoms with Gasteiger partial charge in [0.05, 0.1) is 6.21 Å². The second-order valence-electron chi connectivity index (χ2n) is 2.84. The van der Waals surface area contributed by atoms with Crippen molar-refractivity contribution in [1.82, 2.24) is 4.90 Å². The molecular weight excluding hydrogens is 140 g/mol. The van der Waals surface area contributed by atoms with Crippen LogP contribution in [0.2, 0.25) is 0 Å². The highest BCUT2D eigenvalue weighted by atomic mass is 16.4. The third-order valence-corrected chi connectivity index (χ3v) is 1.84. The molecule has 0 fully saturated rings. The summed E-state index contributed by atoms with van der Waals surface area (Å²) >= 11 is 0. The number of hydrogen-bond acceptors (Lipinski definition) is 3. The molecule has 0 aliphatic carbocycles. The molecule has 11 heavy (non-hydrogen) atoms. The van der Waals surface area contributed by atoms with Crippen molar-refractivity contribution in [3.05, 3.63) is 0 Å². The Kier molecular flexibility index (Phi) is 5.84.